The zero-order chi connectivity index (χ0) is 13.4. The molecule has 0 radical (unpaired) electrons. The molecule has 0 aliphatic carbocycles. The first-order valence-corrected chi connectivity index (χ1v) is 7.42. The van der Waals surface area contributed by atoms with Gasteiger partial charge in [0.15, 0.2) is 0 Å². The smallest absolute Gasteiger partial charge is 0.0482 e. The highest BCUT2D eigenvalue weighted by Gasteiger charge is 2.18. The highest BCUT2D eigenvalue weighted by Crippen LogP contribution is 2.29. The Labute approximate surface area is 115 Å². The molecule has 1 saturated heterocycles. The molecule has 1 atom stereocenters. The molecule has 0 spiro atoms. The molecule has 1 unspecified atom stereocenters. The second-order valence-electron chi connectivity index (χ2n) is 6.06. The topological polar surface area (TPSA) is 17.0 Å². The normalized spacial score (nSPS) is 20.1. The van der Waals surface area contributed by atoms with Gasteiger partial charge in [-0.2, -0.15) is 0 Å². The molecule has 1 aromatic carbocycles. The molecule has 2 heteroatoms. The number of aromatic nitrogens is 1. The number of fused-ring (bicyclic) bond motifs is 1. The number of benzene rings is 1. The van der Waals surface area contributed by atoms with Crippen molar-refractivity contribution in [1.82, 2.24) is 9.88 Å². The summed E-state index contributed by atoms with van der Waals surface area (Å²) in [5, 5.41) is 5.00. The van der Waals surface area contributed by atoms with Crippen LogP contribution >= 0.6 is 0 Å². The average Bonchev–Trinajstić information content (AvgIpc) is 2.65. The summed E-state index contributed by atoms with van der Waals surface area (Å²) in [7, 11) is 2.19. The number of nitrogens with zero attached hydrogens (tertiary/aromatic N) is 1. The number of nitrogens with one attached hydrogen (secondary N) is 1. The van der Waals surface area contributed by atoms with Crippen LogP contribution in [0, 0.1) is 19.8 Å². The summed E-state index contributed by atoms with van der Waals surface area (Å²) in [6.07, 6.45) is 3.92. The lowest BCUT2D eigenvalue weighted by atomic mass is 9.91. The average molecular weight is 256 g/mol. The van der Waals surface area contributed by atoms with Gasteiger partial charge in [-0.25, -0.2) is 0 Å². The molecule has 3 rings (SSSR count). The summed E-state index contributed by atoms with van der Waals surface area (Å²) in [6.45, 7) is 6.83. The molecule has 1 aliphatic rings. The van der Waals surface area contributed by atoms with E-state index in [0.29, 0.717) is 0 Å². The first kappa shape index (κ1) is 12.7. The van der Waals surface area contributed by atoms with E-state index in [-0.39, 0.29) is 0 Å². The van der Waals surface area contributed by atoms with E-state index in [0.717, 1.165) is 5.92 Å². The molecule has 0 bridgehead atoms. The zero-order valence-electron chi connectivity index (χ0n) is 12.3. The van der Waals surface area contributed by atoms with Gasteiger partial charge in [0.05, 0.1) is 0 Å². The number of hydrogen-bond donors (Lipinski definition) is 1. The van der Waals surface area contributed by atoms with Crippen LogP contribution < -0.4 is 5.32 Å². The van der Waals surface area contributed by atoms with Gasteiger partial charge in [-0.05, 0) is 69.8 Å². The molecular weight excluding hydrogens is 232 g/mol. The maximum absolute atomic E-state index is 3.53. The van der Waals surface area contributed by atoms with Gasteiger partial charge >= 0.3 is 0 Å². The first-order valence-electron chi connectivity index (χ1n) is 7.42. The standard InChI is InChI=1S/C17H24N2/c1-12-6-7-17-16(9-12)15(13(2)19(17)3)10-14-5-4-8-18-11-14/h6-7,9,14,18H,4-5,8,10-11H2,1-3H3. The zero-order valence-corrected chi connectivity index (χ0v) is 12.3. The SMILES string of the molecule is Cc1ccc2c(c1)c(CC1CCCNC1)c(C)n2C. The fourth-order valence-corrected chi connectivity index (χ4v) is 3.41. The summed E-state index contributed by atoms with van der Waals surface area (Å²) in [6, 6.07) is 6.84. The van der Waals surface area contributed by atoms with E-state index in [1.54, 1.807) is 5.56 Å². The Hall–Kier alpha value is -1.28. The lowest BCUT2D eigenvalue weighted by Crippen LogP contribution is -2.30. The van der Waals surface area contributed by atoms with E-state index in [1.165, 1.54) is 54.5 Å². The summed E-state index contributed by atoms with van der Waals surface area (Å²) in [5.41, 5.74) is 5.74. The lowest BCUT2D eigenvalue weighted by molar-refractivity contribution is 0.376. The fourth-order valence-electron chi connectivity index (χ4n) is 3.41. The van der Waals surface area contributed by atoms with Crippen molar-refractivity contribution < 1.29 is 0 Å². The molecule has 1 aromatic heterocycles. The minimum absolute atomic E-state index is 0.804. The van der Waals surface area contributed by atoms with Gasteiger partial charge in [-0.3, -0.25) is 0 Å². The maximum atomic E-state index is 3.53. The highest BCUT2D eigenvalue weighted by atomic mass is 14.9. The van der Waals surface area contributed by atoms with Gasteiger partial charge in [0.2, 0.25) is 0 Å². The van der Waals surface area contributed by atoms with Crippen molar-refractivity contribution in [3.8, 4) is 0 Å². The third kappa shape index (κ3) is 2.30. The van der Waals surface area contributed by atoms with Crippen molar-refractivity contribution in [1.29, 1.82) is 0 Å². The van der Waals surface area contributed by atoms with Gasteiger partial charge in [0.25, 0.3) is 0 Å². The quantitative estimate of drug-likeness (QED) is 0.872. The Morgan fingerprint density at radius 3 is 2.89 bits per heavy atom. The van der Waals surface area contributed by atoms with Crippen molar-refractivity contribution in [2.24, 2.45) is 13.0 Å². The molecule has 1 fully saturated rings. The molecule has 2 aromatic rings. The molecule has 0 saturated carbocycles. The Morgan fingerprint density at radius 2 is 2.16 bits per heavy atom. The van der Waals surface area contributed by atoms with Crippen molar-refractivity contribution >= 4 is 10.9 Å². The van der Waals surface area contributed by atoms with Gasteiger partial charge in [-0.15, -0.1) is 0 Å². The second kappa shape index (κ2) is 5.01. The predicted octanol–water partition coefficient (Wildman–Crippen LogP) is 3.34. The summed E-state index contributed by atoms with van der Waals surface area (Å²) in [4.78, 5) is 0. The fraction of sp³-hybridized carbons (Fsp3) is 0.529. The molecular formula is C17H24N2. The van der Waals surface area contributed by atoms with Crippen LogP contribution in [-0.2, 0) is 13.5 Å². The predicted molar refractivity (Wildman–Crippen MR) is 81.7 cm³/mol. The lowest BCUT2D eigenvalue weighted by Gasteiger charge is -2.22. The van der Waals surface area contributed by atoms with Gasteiger partial charge in [0, 0.05) is 23.6 Å². The Balaban J connectivity index is 2.01. The molecule has 19 heavy (non-hydrogen) atoms. The molecule has 2 heterocycles. The van der Waals surface area contributed by atoms with Crippen molar-refractivity contribution in [3.63, 3.8) is 0 Å². The molecule has 1 N–H and O–H groups in total. The van der Waals surface area contributed by atoms with Crippen LogP contribution in [0.2, 0.25) is 0 Å². The van der Waals surface area contributed by atoms with Crippen LogP contribution in [0.3, 0.4) is 0 Å². The number of piperidine rings is 1. The molecule has 1 aliphatic heterocycles. The maximum Gasteiger partial charge on any atom is 0.0482 e. The van der Waals surface area contributed by atoms with Crippen molar-refractivity contribution in [2.75, 3.05) is 13.1 Å². The monoisotopic (exact) mass is 256 g/mol. The van der Waals surface area contributed by atoms with Crippen LogP contribution in [0.5, 0.6) is 0 Å². The summed E-state index contributed by atoms with van der Waals surface area (Å²) in [5.74, 6) is 0.804. The Morgan fingerprint density at radius 1 is 1.32 bits per heavy atom. The Bertz CT molecular complexity index is 589. The van der Waals surface area contributed by atoms with Crippen LogP contribution in [-0.4, -0.2) is 17.7 Å². The molecule has 2 nitrogen and oxygen atoms in total. The van der Waals surface area contributed by atoms with Crippen molar-refractivity contribution in [3.05, 3.63) is 35.0 Å². The van der Waals surface area contributed by atoms with Crippen LogP contribution in [0.15, 0.2) is 18.2 Å². The molecule has 102 valence electrons. The highest BCUT2D eigenvalue weighted by molar-refractivity contribution is 5.86. The van der Waals surface area contributed by atoms with E-state index in [1.807, 2.05) is 0 Å². The number of hydrogen-bond acceptors (Lipinski definition) is 1. The van der Waals surface area contributed by atoms with Crippen molar-refractivity contribution in [2.45, 2.75) is 33.1 Å². The van der Waals surface area contributed by atoms with E-state index < -0.39 is 0 Å². The largest absolute Gasteiger partial charge is 0.348 e. The number of aryl methyl sites for hydroxylation is 2. The number of rotatable bonds is 2. The van der Waals surface area contributed by atoms with Crippen LogP contribution in [0.4, 0.5) is 0 Å². The van der Waals surface area contributed by atoms with E-state index >= 15 is 0 Å². The van der Waals surface area contributed by atoms with Gasteiger partial charge < -0.3 is 9.88 Å². The second-order valence-corrected chi connectivity index (χ2v) is 6.06. The van der Waals surface area contributed by atoms with Crippen LogP contribution in [0.1, 0.15) is 29.7 Å². The summed E-state index contributed by atoms with van der Waals surface area (Å²) < 4.78 is 2.35. The Kier molecular flexibility index (Phi) is 3.36. The van der Waals surface area contributed by atoms with Crippen LogP contribution in [0.25, 0.3) is 10.9 Å². The van der Waals surface area contributed by atoms with Gasteiger partial charge in [0.1, 0.15) is 0 Å². The van der Waals surface area contributed by atoms with E-state index in [2.05, 4.69) is 49.0 Å². The molecule has 0 amide bonds. The van der Waals surface area contributed by atoms with E-state index in [4.69, 9.17) is 0 Å². The minimum atomic E-state index is 0.804. The third-order valence-electron chi connectivity index (χ3n) is 4.67. The third-order valence-corrected chi connectivity index (χ3v) is 4.67. The van der Waals surface area contributed by atoms with E-state index in [9.17, 15) is 0 Å². The minimum Gasteiger partial charge on any atom is -0.348 e. The van der Waals surface area contributed by atoms with Gasteiger partial charge in [-0.1, -0.05) is 11.6 Å². The summed E-state index contributed by atoms with van der Waals surface area (Å²) >= 11 is 0. The first-order chi connectivity index (χ1) is 9.16.